The molecule has 1 aliphatic rings. The van der Waals surface area contributed by atoms with Crippen molar-refractivity contribution in [3.63, 3.8) is 0 Å². The summed E-state index contributed by atoms with van der Waals surface area (Å²) in [5, 5.41) is 0. The Labute approximate surface area is 130 Å². The molecule has 3 heteroatoms. The molecular weight excluding hydrogens is 277 g/mol. The number of benzene rings is 2. The first kappa shape index (κ1) is 14.8. The van der Waals surface area contributed by atoms with Gasteiger partial charge in [-0.1, -0.05) is 30.3 Å². The van der Waals surface area contributed by atoms with Gasteiger partial charge in [-0.2, -0.15) is 0 Å². The number of amides is 1. The second-order valence-electron chi connectivity index (χ2n) is 5.91. The highest BCUT2D eigenvalue weighted by Crippen LogP contribution is 2.31. The van der Waals surface area contributed by atoms with Gasteiger partial charge in [0.15, 0.2) is 0 Å². The minimum Gasteiger partial charge on any atom is -0.309 e. The van der Waals surface area contributed by atoms with Crippen LogP contribution in [0.15, 0.2) is 48.5 Å². The lowest BCUT2D eigenvalue weighted by atomic mass is 9.95. The van der Waals surface area contributed by atoms with Crippen LogP contribution in [0.4, 0.5) is 10.1 Å². The van der Waals surface area contributed by atoms with Crippen LogP contribution in [-0.2, 0) is 17.6 Å². The number of carbonyl (C=O) groups excluding carboxylic acids is 1. The van der Waals surface area contributed by atoms with Crippen LogP contribution < -0.4 is 4.90 Å². The third-order valence-electron chi connectivity index (χ3n) is 4.31. The van der Waals surface area contributed by atoms with E-state index in [4.69, 9.17) is 0 Å². The van der Waals surface area contributed by atoms with Gasteiger partial charge < -0.3 is 4.90 Å². The molecule has 0 spiro atoms. The minimum absolute atomic E-state index is 0.115. The van der Waals surface area contributed by atoms with Gasteiger partial charge in [0.25, 0.3) is 0 Å². The monoisotopic (exact) mass is 297 g/mol. The fourth-order valence-electron chi connectivity index (χ4n) is 3.12. The molecule has 0 aromatic heterocycles. The fourth-order valence-corrected chi connectivity index (χ4v) is 3.12. The molecule has 114 valence electrons. The largest absolute Gasteiger partial charge is 0.309 e. The Bertz CT molecular complexity index is 668. The lowest BCUT2D eigenvalue weighted by Gasteiger charge is -2.35. The summed E-state index contributed by atoms with van der Waals surface area (Å²) in [6.45, 7) is 2.06. The smallest absolute Gasteiger partial charge is 0.227 e. The second kappa shape index (κ2) is 6.30. The van der Waals surface area contributed by atoms with Gasteiger partial charge >= 0.3 is 0 Å². The van der Waals surface area contributed by atoms with Gasteiger partial charge in [0.05, 0.1) is 0 Å². The van der Waals surface area contributed by atoms with Crippen molar-refractivity contribution < 1.29 is 9.18 Å². The Balaban J connectivity index is 1.77. The van der Waals surface area contributed by atoms with E-state index in [9.17, 15) is 9.18 Å². The average Bonchev–Trinajstić information content (AvgIpc) is 2.54. The molecule has 2 aromatic rings. The van der Waals surface area contributed by atoms with Gasteiger partial charge in [-0.05, 0) is 55.5 Å². The lowest BCUT2D eigenvalue weighted by Crippen LogP contribution is -2.42. The van der Waals surface area contributed by atoms with Crippen molar-refractivity contribution in [2.45, 2.75) is 38.6 Å². The number of hydrogen-bond donors (Lipinski definition) is 0. The molecule has 0 saturated heterocycles. The van der Waals surface area contributed by atoms with Crippen molar-refractivity contribution >= 4 is 11.6 Å². The third-order valence-corrected chi connectivity index (χ3v) is 4.31. The van der Waals surface area contributed by atoms with Crippen LogP contribution in [0.1, 0.15) is 30.9 Å². The van der Waals surface area contributed by atoms with Crippen molar-refractivity contribution in [1.82, 2.24) is 0 Å². The summed E-state index contributed by atoms with van der Waals surface area (Å²) >= 11 is 0. The van der Waals surface area contributed by atoms with Crippen LogP contribution in [0, 0.1) is 5.82 Å². The number of hydrogen-bond acceptors (Lipinski definition) is 1. The maximum atomic E-state index is 13.4. The number of nitrogens with zero attached hydrogens (tertiary/aromatic N) is 1. The average molecular weight is 297 g/mol. The van der Waals surface area contributed by atoms with E-state index in [2.05, 4.69) is 6.92 Å². The first-order chi connectivity index (χ1) is 10.6. The molecule has 0 fully saturated rings. The molecule has 1 aliphatic heterocycles. The van der Waals surface area contributed by atoms with Gasteiger partial charge in [0.1, 0.15) is 5.82 Å². The van der Waals surface area contributed by atoms with Crippen LogP contribution in [0.5, 0.6) is 0 Å². The molecular formula is C19H20FNO. The van der Waals surface area contributed by atoms with Gasteiger partial charge in [-0.3, -0.25) is 4.79 Å². The van der Waals surface area contributed by atoms with Gasteiger partial charge in [-0.15, -0.1) is 0 Å². The Morgan fingerprint density at radius 3 is 2.77 bits per heavy atom. The Kier molecular flexibility index (Phi) is 4.23. The highest BCUT2D eigenvalue weighted by Gasteiger charge is 2.28. The summed E-state index contributed by atoms with van der Waals surface area (Å²) in [4.78, 5) is 14.5. The third kappa shape index (κ3) is 3.03. The standard InChI is InChI=1S/C19H20FNO/c1-14-7-9-16-13-17(20)10-11-18(16)21(14)19(22)12-8-15-5-3-2-4-6-15/h2-6,10-11,13-14H,7-9,12H2,1H3. The first-order valence-electron chi connectivity index (χ1n) is 7.79. The maximum Gasteiger partial charge on any atom is 0.227 e. The van der Waals surface area contributed by atoms with E-state index in [1.165, 1.54) is 11.6 Å². The number of anilines is 1. The van der Waals surface area contributed by atoms with E-state index in [0.29, 0.717) is 6.42 Å². The first-order valence-corrected chi connectivity index (χ1v) is 7.79. The summed E-state index contributed by atoms with van der Waals surface area (Å²) in [6.07, 6.45) is 2.93. The van der Waals surface area contributed by atoms with E-state index in [1.54, 1.807) is 12.1 Å². The quantitative estimate of drug-likeness (QED) is 0.834. The maximum absolute atomic E-state index is 13.4. The van der Waals surface area contributed by atoms with E-state index in [0.717, 1.165) is 30.5 Å². The highest BCUT2D eigenvalue weighted by molar-refractivity contribution is 5.95. The molecule has 1 heterocycles. The van der Waals surface area contributed by atoms with Crippen LogP contribution in [0.2, 0.25) is 0 Å². The van der Waals surface area contributed by atoms with Crippen LogP contribution in [0.25, 0.3) is 0 Å². The molecule has 1 unspecified atom stereocenters. The van der Waals surface area contributed by atoms with Crippen LogP contribution >= 0.6 is 0 Å². The normalized spacial score (nSPS) is 17.2. The zero-order chi connectivity index (χ0) is 15.5. The van der Waals surface area contributed by atoms with E-state index >= 15 is 0 Å². The van der Waals surface area contributed by atoms with E-state index in [1.807, 2.05) is 35.2 Å². The van der Waals surface area contributed by atoms with Crippen molar-refractivity contribution in [3.8, 4) is 0 Å². The molecule has 22 heavy (non-hydrogen) atoms. The van der Waals surface area contributed by atoms with Gasteiger partial charge in [0.2, 0.25) is 5.91 Å². The van der Waals surface area contributed by atoms with Crippen molar-refractivity contribution in [2.24, 2.45) is 0 Å². The van der Waals surface area contributed by atoms with Crippen molar-refractivity contribution in [1.29, 1.82) is 0 Å². The lowest BCUT2D eigenvalue weighted by molar-refractivity contribution is -0.119. The Hall–Kier alpha value is -2.16. The zero-order valence-electron chi connectivity index (χ0n) is 12.8. The van der Waals surface area contributed by atoms with E-state index in [-0.39, 0.29) is 17.8 Å². The SMILES string of the molecule is CC1CCc2cc(F)ccc2N1C(=O)CCc1ccccc1. The molecule has 0 N–H and O–H groups in total. The number of aryl methyl sites for hydroxylation is 2. The molecule has 0 aliphatic carbocycles. The Morgan fingerprint density at radius 1 is 1.23 bits per heavy atom. The molecule has 2 nitrogen and oxygen atoms in total. The minimum atomic E-state index is -0.231. The number of carbonyl (C=O) groups is 1. The number of halogens is 1. The summed E-state index contributed by atoms with van der Waals surface area (Å²) in [5.41, 5.74) is 2.98. The molecule has 1 atom stereocenters. The molecule has 1 amide bonds. The summed E-state index contributed by atoms with van der Waals surface area (Å²) in [7, 11) is 0. The predicted octanol–water partition coefficient (Wildman–Crippen LogP) is 4.13. The van der Waals surface area contributed by atoms with Gasteiger partial charge in [-0.25, -0.2) is 4.39 Å². The summed E-state index contributed by atoms with van der Waals surface area (Å²) in [5.74, 6) is -0.117. The zero-order valence-corrected chi connectivity index (χ0v) is 12.8. The van der Waals surface area contributed by atoms with Crippen LogP contribution in [-0.4, -0.2) is 11.9 Å². The van der Waals surface area contributed by atoms with Crippen molar-refractivity contribution in [2.75, 3.05) is 4.90 Å². The van der Waals surface area contributed by atoms with Crippen molar-refractivity contribution in [3.05, 3.63) is 65.5 Å². The van der Waals surface area contributed by atoms with Crippen LogP contribution in [0.3, 0.4) is 0 Å². The van der Waals surface area contributed by atoms with Gasteiger partial charge in [0, 0.05) is 18.2 Å². The summed E-state index contributed by atoms with van der Waals surface area (Å²) in [6, 6.07) is 14.9. The fraction of sp³-hybridized carbons (Fsp3) is 0.316. The molecule has 3 rings (SSSR count). The molecule has 2 aromatic carbocycles. The Morgan fingerprint density at radius 2 is 2.00 bits per heavy atom. The second-order valence-corrected chi connectivity index (χ2v) is 5.91. The molecule has 0 bridgehead atoms. The molecule has 0 radical (unpaired) electrons. The summed E-state index contributed by atoms with van der Waals surface area (Å²) < 4.78 is 13.4. The predicted molar refractivity (Wildman–Crippen MR) is 86.4 cm³/mol. The van der Waals surface area contributed by atoms with E-state index < -0.39 is 0 Å². The number of fused-ring (bicyclic) bond motifs is 1. The number of rotatable bonds is 3. The molecule has 0 saturated carbocycles. The highest BCUT2D eigenvalue weighted by atomic mass is 19.1. The topological polar surface area (TPSA) is 20.3 Å².